The van der Waals surface area contributed by atoms with Gasteiger partial charge in [-0.2, -0.15) is 5.10 Å². The highest BCUT2D eigenvalue weighted by molar-refractivity contribution is 5.40. The predicted octanol–water partition coefficient (Wildman–Crippen LogP) is 1.99. The van der Waals surface area contributed by atoms with Crippen LogP contribution in [0.1, 0.15) is 25.3 Å². The van der Waals surface area contributed by atoms with Crippen molar-refractivity contribution in [2.45, 2.75) is 19.8 Å². The van der Waals surface area contributed by atoms with Gasteiger partial charge < -0.3 is 0 Å². The fourth-order valence-electron chi connectivity index (χ4n) is 1.22. The zero-order chi connectivity index (χ0) is 9.42. The van der Waals surface area contributed by atoms with E-state index in [0.717, 1.165) is 5.56 Å². The second-order valence-corrected chi connectivity index (χ2v) is 3.30. The van der Waals surface area contributed by atoms with Crippen molar-refractivity contribution in [3.63, 3.8) is 0 Å². The molecule has 0 aromatic carbocycles. The van der Waals surface area contributed by atoms with Crippen LogP contribution in [0.5, 0.6) is 0 Å². The quantitative estimate of drug-likeness (QED) is 0.670. The fraction of sp³-hybridized carbons (Fsp3) is 0.333. The molecule has 3 nitrogen and oxygen atoms in total. The summed E-state index contributed by atoms with van der Waals surface area (Å²) >= 11 is 0. The number of aromatic nitrogens is 3. The third kappa shape index (κ3) is 1.28. The second kappa shape index (κ2) is 2.80. The summed E-state index contributed by atoms with van der Waals surface area (Å²) in [6.07, 6.45) is 3.15. The average Bonchev–Trinajstić information content (AvgIpc) is 2.51. The van der Waals surface area contributed by atoms with Crippen molar-refractivity contribution in [3.05, 3.63) is 30.0 Å². The van der Waals surface area contributed by atoms with E-state index in [1.165, 1.54) is 16.9 Å². The Hall–Kier alpha value is -1.45. The first-order valence-corrected chi connectivity index (χ1v) is 4.17. The highest BCUT2D eigenvalue weighted by Gasteiger charge is 2.07. The van der Waals surface area contributed by atoms with Gasteiger partial charge in [0.15, 0.2) is 11.5 Å². The first kappa shape index (κ1) is 8.16. The lowest BCUT2D eigenvalue weighted by molar-refractivity contribution is 0.621. The van der Waals surface area contributed by atoms with Crippen LogP contribution in [0, 0.1) is 5.82 Å². The van der Waals surface area contributed by atoms with Crippen molar-refractivity contribution < 1.29 is 4.39 Å². The Labute approximate surface area is 75.2 Å². The molecule has 0 aliphatic heterocycles. The van der Waals surface area contributed by atoms with Crippen LogP contribution in [0.3, 0.4) is 0 Å². The maximum absolute atomic E-state index is 13.3. The largest absolute Gasteiger partial charge is 0.218 e. The molecule has 4 heteroatoms. The molecule has 0 unspecified atom stereocenters. The number of pyridine rings is 1. The van der Waals surface area contributed by atoms with E-state index in [-0.39, 0.29) is 11.5 Å². The number of fused-ring (bicyclic) bond motifs is 1. The number of hydrogen-bond acceptors (Lipinski definition) is 2. The van der Waals surface area contributed by atoms with Crippen molar-refractivity contribution in [2.24, 2.45) is 0 Å². The van der Waals surface area contributed by atoms with Crippen LogP contribution in [0.4, 0.5) is 4.39 Å². The van der Waals surface area contributed by atoms with Gasteiger partial charge in [-0.05, 0) is 17.5 Å². The summed E-state index contributed by atoms with van der Waals surface area (Å²) in [4.78, 5) is 3.80. The predicted molar refractivity (Wildman–Crippen MR) is 47.0 cm³/mol. The molecule has 0 radical (unpaired) electrons. The normalized spacial score (nSPS) is 11.4. The Kier molecular flexibility index (Phi) is 1.76. The molecule has 2 aromatic rings. The van der Waals surface area contributed by atoms with E-state index in [1.54, 1.807) is 6.20 Å². The van der Waals surface area contributed by atoms with E-state index in [2.05, 4.69) is 10.1 Å². The van der Waals surface area contributed by atoms with E-state index in [4.69, 9.17) is 0 Å². The summed E-state index contributed by atoms with van der Waals surface area (Å²) < 4.78 is 14.8. The van der Waals surface area contributed by atoms with Gasteiger partial charge in [-0.25, -0.2) is 13.9 Å². The van der Waals surface area contributed by atoms with Gasteiger partial charge in [-0.15, -0.1) is 0 Å². The average molecular weight is 179 g/mol. The highest BCUT2D eigenvalue weighted by atomic mass is 19.1. The number of nitrogens with zero attached hydrogens (tertiary/aromatic N) is 3. The first-order valence-electron chi connectivity index (χ1n) is 4.17. The molecule has 0 atom stereocenters. The van der Waals surface area contributed by atoms with Gasteiger partial charge in [-0.1, -0.05) is 13.8 Å². The van der Waals surface area contributed by atoms with Crippen molar-refractivity contribution in [1.29, 1.82) is 0 Å². The Morgan fingerprint density at radius 3 is 2.92 bits per heavy atom. The van der Waals surface area contributed by atoms with Crippen molar-refractivity contribution in [1.82, 2.24) is 14.6 Å². The molecule has 0 spiro atoms. The number of rotatable bonds is 1. The van der Waals surface area contributed by atoms with E-state index in [1.807, 2.05) is 13.8 Å². The van der Waals surface area contributed by atoms with E-state index in [0.29, 0.717) is 5.92 Å². The molecule has 2 aromatic heterocycles. The lowest BCUT2D eigenvalue weighted by Gasteiger charge is -2.05. The maximum atomic E-state index is 13.3. The first-order chi connectivity index (χ1) is 6.18. The summed E-state index contributed by atoms with van der Waals surface area (Å²) in [6.45, 7) is 4.02. The third-order valence-electron chi connectivity index (χ3n) is 2.02. The number of halogens is 1. The molecule has 0 aliphatic rings. The topological polar surface area (TPSA) is 30.2 Å². The SMILES string of the molecule is CC(C)c1cc(F)c2ncnn2c1. The van der Waals surface area contributed by atoms with Crippen molar-refractivity contribution >= 4 is 5.65 Å². The van der Waals surface area contributed by atoms with Crippen molar-refractivity contribution in [3.8, 4) is 0 Å². The molecule has 0 amide bonds. The fourth-order valence-corrected chi connectivity index (χ4v) is 1.22. The molecule has 0 fully saturated rings. The minimum Gasteiger partial charge on any atom is -0.218 e. The van der Waals surface area contributed by atoms with Gasteiger partial charge in [0.25, 0.3) is 0 Å². The molecule has 68 valence electrons. The van der Waals surface area contributed by atoms with Crippen LogP contribution >= 0.6 is 0 Å². The van der Waals surface area contributed by atoms with Crippen LogP contribution in [0.2, 0.25) is 0 Å². The standard InChI is InChI=1S/C9H10FN3/c1-6(2)7-3-8(10)9-11-5-12-13(9)4-7/h3-6H,1-2H3. The summed E-state index contributed by atoms with van der Waals surface area (Å²) in [7, 11) is 0. The molecular weight excluding hydrogens is 169 g/mol. The van der Waals surface area contributed by atoms with Gasteiger partial charge in [-0.3, -0.25) is 0 Å². The van der Waals surface area contributed by atoms with E-state index >= 15 is 0 Å². The minimum atomic E-state index is -0.316. The maximum Gasteiger partial charge on any atom is 0.191 e. The molecule has 0 N–H and O–H groups in total. The molecular formula is C9H10FN3. The molecule has 13 heavy (non-hydrogen) atoms. The van der Waals surface area contributed by atoms with Crippen LogP contribution < -0.4 is 0 Å². The van der Waals surface area contributed by atoms with E-state index in [9.17, 15) is 4.39 Å². The highest BCUT2D eigenvalue weighted by Crippen LogP contribution is 2.16. The molecule has 0 saturated heterocycles. The zero-order valence-corrected chi connectivity index (χ0v) is 7.53. The van der Waals surface area contributed by atoms with Crippen LogP contribution in [0.15, 0.2) is 18.6 Å². The van der Waals surface area contributed by atoms with Gasteiger partial charge in [0.2, 0.25) is 0 Å². The van der Waals surface area contributed by atoms with Crippen LogP contribution in [-0.4, -0.2) is 14.6 Å². The molecule has 2 rings (SSSR count). The summed E-state index contributed by atoms with van der Waals surface area (Å²) in [5, 5.41) is 3.89. The summed E-state index contributed by atoms with van der Waals surface area (Å²) in [5.41, 5.74) is 1.21. The van der Waals surface area contributed by atoms with Crippen LogP contribution in [-0.2, 0) is 0 Å². The Morgan fingerprint density at radius 2 is 2.23 bits per heavy atom. The van der Waals surface area contributed by atoms with Gasteiger partial charge in [0.1, 0.15) is 6.33 Å². The lowest BCUT2D eigenvalue weighted by atomic mass is 10.1. The van der Waals surface area contributed by atoms with Gasteiger partial charge >= 0.3 is 0 Å². The Balaban J connectivity index is 2.70. The zero-order valence-electron chi connectivity index (χ0n) is 7.53. The minimum absolute atomic E-state index is 0.282. The third-order valence-corrected chi connectivity index (χ3v) is 2.02. The van der Waals surface area contributed by atoms with Gasteiger partial charge in [0.05, 0.1) is 0 Å². The molecule has 2 heterocycles. The smallest absolute Gasteiger partial charge is 0.191 e. The summed E-state index contributed by atoms with van der Waals surface area (Å²) in [6, 6.07) is 1.51. The van der Waals surface area contributed by atoms with Gasteiger partial charge in [0, 0.05) is 6.20 Å². The Morgan fingerprint density at radius 1 is 1.46 bits per heavy atom. The lowest BCUT2D eigenvalue weighted by Crippen LogP contribution is -1.96. The van der Waals surface area contributed by atoms with E-state index < -0.39 is 0 Å². The Bertz CT molecular complexity index is 433. The second-order valence-electron chi connectivity index (χ2n) is 3.30. The molecule has 0 aliphatic carbocycles. The van der Waals surface area contributed by atoms with Crippen molar-refractivity contribution in [2.75, 3.05) is 0 Å². The van der Waals surface area contributed by atoms with Crippen LogP contribution in [0.25, 0.3) is 5.65 Å². The number of hydrogen-bond donors (Lipinski definition) is 0. The monoisotopic (exact) mass is 179 g/mol. The summed E-state index contributed by atoms with van der Waals surface area (Å²) in [5.74, 6) is -0.0215. The molecule has 0 bridgehead atoms. The molecule has 0 saturated carbocycles.